The Hall–Kier alpha value is -3.23. The number of halogens is 1. The molecule has 2 aromatic rings. The van der Waals surface area contributed by atoms with Crippen LogP contribution < -0.4 is 5.32 Å². The summed E-state index contributed by atoms with van der Waals surface area (Å²) in [5.74, 6) is -0.640. The van der Waals surface area contributed by atoms with E-state index < -0.39 is 22.9 Å². The Labute approximate surface area is 136 Å². The van der Waals surface area contributed by atoms with Crippen molar-refractivity contribution in [3.63, 3.8) is 0 Å². The van der Waals surface area contributed by atoms with Gasteiger partial charge < -0.3 is 10.4 Å². The second-order valence-electron chi connectivity index (χ2n) is 5.06. The molecule has 0 fully saturated rings. The number of aromatic nitrogens is 2. The van der Waals surface area contributed by atoms with Crippen LogP contribution in [-0.4, -0.2) is 25.9 Å². The molecule has 1 atom stereocenters. The minimum atomic E-state index is -1.26. The lowest BCUT2D eigenvalue weighted by Gasteiger charge is -2.17. The number of amides is 1. The van der Waals surface area contributed by atoms with Gasteiger partial charge in [-0.25, -0.2) is 9.18 Å². The van der Waals surface area contributed by atoms with Crippen molar-refractivity contribution in [2.24, 2.45) is 7.05 Å². The van der Waals surface area contributed by atoms with Crippen molar-refractivity contribution in [2.45, 2.75) is 12.5 Å². The molecule has 0 aliphatic heterocycles. The molecule has 8 nitrogen and oxygen atoms in total. The third-order valence-electron chi connectivity index (χ3n) is 3.41. The smallest absolute Gasteiger partial charge is 0.405 e. The Kier molecular flexibility index (Phi) is 4.93. The first-order valence-electron chi connectivity index (χ1n) is 6.91. The molecule has 0 aliphatic rings. The summed E-state index contributed by atoms with van der Waals surface area (Å²) in [4.78, 5) is 21.4. The fraction of sp³-hybridized carbons (Fsp3) is 0.200. The molecule has 0 spiro atoms. The standard InChI is InChI=1S/C15H15FN4O4/c1-3-4-12(18-15(21)22)9-5-10(7-11(16)6-9)14-13(20(23)24)8-17-19(14)2/h3,5-8,12,18H,1,4H2,2H3,(H,21,22). The Morgan fingerprint density at radius 1 is 1.58 bits per heavy atom. The zero-order valence-electron chi connectivity index (χ0n) is 12.8. The van der Waals surface area contributed by atoms with Gasteiger partial charge >= 0.3 is 11.8 Å². The molecule has 0 radical (unpaired) electrons. The van der Waals surface area contributed by atoms with Crippen molar-refractivity contribution in [1.29, 1.82) is 0 Å². The van der Waals surface area contributed by atoms with E-state index in [4.69, 9.17) is 5.11 Å². The number of nitro groups is 1. The number of rotatable bonds is 6. The van der Waals surface area contributed by atoms with E-state index >= 15 is 0 Å². The van der Waals surface area contributed by atoms with E-state index in [0.29, 0.717) is 5.56 Å². The molecule has 0 bridgehead atoms. The second kappa shape index (κ2) is 6.90. The number of benzene rings is 1. The van der Waals surface area contributed by atoms with Crippen LogP contribution in [0.1, 0.15) is 18.0 Å². The first-order valence-corrected chi connectivity index (χ1v) is 6.91. The number of carbonyl (C=O) groups is 1. The van der Waals surface area contributed by atoms with E-state index in [-0.39, 0.29) is 23.4 Å². The average Bonchev–Trinajstić information content (AvgIpc) is 2.87. The third-order valence-corrected chi connectivity index (χ3v) is 3.41. The molecule has 0 saturated carbocycles. The minimum absolute atomic E-state index is 0.133. The number of carboxylic acid groups (broad SMARTS) is 1. The lowest BCUT2D eigenvalue weighted by atomic mass is 9.99. The summed E-state index contributed by atoms with van der Waals surface area (Å²) >= 11 is 0. The van der Waals surface area contributed by atoms with Crippen LogP contribution in [0.3, 0.4) is 0 Å². The summed E-state index contributed by atoms with van der Waals surface area (Å²) in [6.45, 7) is 3.55. The van der Waals surface area contributed by atoms with Gasteiger partial charge in [-0.2, -0.15) is 5.10 Å². The van der Waals surface area contributed by atoms with E-state index in [2.05, 4.69) is 17.0 Å². The summed E-state index contributed by atoms with van der Waals surface area (Å²) in [6, 6.07) is 3.09. The molecule has 0 aliphatic carbocycles. The van der Waals surface area contributed by atoms with Crippen LogP contribution in [0.25, 0.3) is 11.3 Å². The minimum Gasteiger partial charge on any atom is -0.465 e. The fourth-order valence-electron chi connectivity index (χ4n) is 2.44. The number of aryl methyl sites for hydroxylation is 1. The molecule has 2 rings (SSSR count). The Morgan fingerprint density at radius 2 is 2.29 bits per heavy atom. The van der Waals surface area contributed by atoms with Gasteiger partial charge in [-0.3, -0.25) is 14.8 Å². The van der Waals surface area contributed by atoms with E-state index in [1.165, 1.54) is 29.9 Å². The number of hydrogen-bond donors (Lipinski definition) is 2. The third kappa shape index (κ3) is 3.57. The number of nitrogens with zero attached hydrogens (tertiary/aromatic N) is 3. The monoisotopic (exact) mass is 334 g/mol. The van der Waals surface area contributed by atoms with E-state index in [1.807, 2.05) is 0 Å². The molecule has 24 heavy (non-hydrogen) atoms. The SMILES string of the molecule is C=CCC(NC(=O)O)c1cc(F)cc(-c2c([N+](=O)[O-])cnn2C)c1. The first-order chi connectivity index (χ1) is 11.3. The topological polar surface area (TPSA) is 110 Å². The zero-order valence-corrected chi connectivity index (χ0v) is 12.8. The molecule has 1 aromatic carbocycles. The van der Waals surface area contributed by atoms with Crippen molar-refractivity contribution in [2.75, 3.05) is 0 Å². The molecule has 9 heteroatoms. The number of nitrogens with one attached hydrogen (secondary N) is 1. The maximum atomic E-state index is 14.0. The molecule has 2 N–H and O–H groups in total. The highest BCUT2D eigenvalue weighted by molar-refractivity contribution is 5.71. The predicted octanol–water partition coefficient (Wildman–Crippen LogP) is 3.02. The van der Waals surface area contributed by atoms with Crippen LogP contribution in [0.2, 0.25) is 0 Å². The van der Waals surface area contributed by atoms with Crippen LogP contribution in [-0.2, 0) is 7.05 Å². The molecule has 126 valence electrons. The second-order valence-corrected chi connectivity index (χ2v) is 5.06. The Bertz CT molecular complexity index is 803. The van der Waals surface area contributed by atoms with Gasteiger partial charge in [-0.1, -0.05) is 6.08 Å². The van der Waals surface area contributed by atoms with Gasteiger partial charge in [0.25, 0.3) is 0 Å². The van der Waals surface area contributed by atoms with Crippen LogP contribution in [0.5, 0.6) is 0 Å². The van der Waals surface area contributed by atoms with E-state index in [9.17, 15) is 19.3 Å². The van der Waals surface area contributed by atoms with Gasteiger partial charge in [0.2, 0.25) is 0 Å². The van der Waals surface area contributed by atoms with E-state index in [0.717, 1.165) is 12.3 Å². The molecular formula is C15H15FN4O4. The lowest BCUT2D eigenvalue weighted by Crippen LogP contribution is -2.26. The lowest BCUT2D eigenvalue weighted by molar-refractivity contribution is -0.384. The zero-order chi connectivity index (χ0) is 17.9. The Balaban J connectivity index is 2.56. The predicted molar refractivity (Wildman–Crippen MR) is 84.0 cm³/mol. The van der Waals surface area contributed by atoms with Crippen molar-refractivity contribution in [3.05, 3.63) is 58.5 Å². The summed E-state index contributed by atoms with van der Waals surface area (Å²) in [5, 5.41) is 26.1. The summed E-state index contributed by atoms with van der Waals surface area (Å²) in [6.07, 6.45) is 1.55. The summed E-state index contributed by atoms with van der Waals surface area (Å²) in [7, 11) is 1.50. The first kappa shape index (κ1) is 17.1. The quantitative estimate of drug-likeness (QED) is 0.479. The maximum absolute atomic E-state index is 14.0. The van der Waals surface area contributed by atoms with Crippen LogP contribution in [0.4, 0.5) is 14.9 Å². The molecule has 1 aromatic heterocycles. The summed E-state index contributed by atoms with van der Waals surface area (Å²) in [5.41, 5.74) is 0.440. The van der Waals surface area contributed by atoms with Gasteiger partial charge in [0.1, 0.15) is 17.7 Å². The van der Waals surface area contributed by atoms with E-state index in [1.54, 1.807) is 0 Å². The largest absolute Gasteiger partial charge is 0.465 e. The maximum Gasteiger partial charge on any atom is 0.405 e. The molecule has 1 amide bonds. The summed E-state index contributed by atoms with van der Waals surface area (Å²) < 4.78 is 15.3. The van der Waals surface area contributed by atoms with Crippen molar-refractivity contribution >= 4 is 11.8 Å². The fourth-order valence-corrected chi connectivity index (χ4v) is 2.44. The van der Waals surface area contributed by atoms with Crippen LogP contribution in [0, 0.1) is 15.9 Å². The van der Waals surface area contributed by atoms with Crippen LogP contribution >= 0.6 is 0 Å². The molecular weight excluding hydrogens is 319 g/mol. The van der Waals surface area contributed by atoms with Gasteiger partial charge in [0.05, 0.1) is 11.0 Å². The highest BCUT2D eigenvalue weighted by Gasteiger charge is 2.23. The normalized spacial score (nSPS) is 11.8. The molecule has 0 saturated heterocycles. The Morgan fingerprint density at radius 3 is 2.88 bits per heavy atom. The number of hydrogen-bond acceptors (Lipinski definition) is 4. The van der Waals surface area contributed by atoms with Gasteiger partial charge in [-0.05, 0) is 30.2 Å². The highest BCUT2D eigenvalue weighted by atomic mass is 19.1. The van der Waals surface area contributed by atoms with Crippen molar-refractivity contribution in [1.82, 2.24) is 15.1 Å². The van der Waals surface area contributed by atoms with Crippen molar-refractivity contribution < 1.29 is 19.2 Å². The van der Waals surface area contributed by atoms with Gasteiger partial charge in [0.15, 0.2) is 0 Å². The average molecular weight is 334 g/mol. The van der Waals surface area contributed by atoms with Crippen molar-refractivity contribution in [3.8, 4) is 11.3 Å². The highest BCUT2D eigenvalue weighted by Crippen LogP contribution is 2.32. The van der Waals surface area contributed by atoms with Gasteiger partial charge in [0, 0.05) is 12.6 Å². The molecule has 1 heterocycles. The molecule has 1 unspecified atom stereocenters. The van der Waals surface area contributed by atoms with Crippen LogP contribution in [0.15, 0.2) is 37.1 Å². The van der Waals surface area contributed by atoms with Gasteiger partial charge in [-0.15, -0.1) is 6.58 Å².